The highest BCUT2D eigenvalue weighted by Crippen LogP contribution is 2.39. The topological polar surface area (TPSA) is 122 Å². The Balaban J connectivity index is 1.20. The number of aryl methyl sites for hydroxylation is 2. The zero-order valence-electron chi connectivity index (χ0n) is 24.8. The van der Waals surface area contributed by atoms with Crippen LogP contribution in [-0.2, 0) is 4.79 Å². The van der Waals surface area contributed by atoms with Crippen LogP contribution in [0.1, 0.15) is 56.2 Å². The lowest BCUT2D eigenvalue weighted by Crippen LogP contribution is -2.13. The molecular weight excluding hydrogens is 584 g/mol. The number of hydrogen-bond acceptors (Lipinski definition) is 7. The second kappa shape index (κ2) is 11.2. The number of carboxylic acids is 1. The molecule has 1 atom stereocenters. The van der Waals surface area contributed by atoms with E-state index in [-0.39, 0.29) is 12.3 Å². The van der Waals surface area contributed by atoms with E-state index in [9.17, 15) is 14.7 Å². The zero-order valence-corrected chi connectivity index (χ0v) is 25.6. The van der Waals surface area contributed by atoms with Crippen LogP contribution < -0.4 is 5.32 Å². The predicted molar refractivity (Wildman–Crippen MR) is 176 cm³/mol. The van der Waals surface area contributed by atoms with Crippen molar-refractivity contribution in [1.29, 1.82) is 0 Å². The van der Waals surface area contributed by atoms with Crippen molar-refractivity contribution in [1.82, 2.24) is 19.7 Å². The van der Waals surface area contributed by atoms with Crippen LogP contribution in [-0.4, -0.2) is 42.4 Å². The minimum Gasteiger partial charge on any atom is -0.481 e. The summed E-state index contributed by atoms with van der Waals surface area (Å²) in [7, 11) is 0. The van der Waals surface area contributed by atoms with Gasteiger partial charge in [0.25, 0.3) is 5.91 Å². The van der Waals surface area contributed by atoms with Gasteiger partial charge >= 0.3 is 5.97 Å². The van der Waals surface area contributed by atoms with Gasteiger partial charge in [-0.2, -0.15) is 0 Å². The average Bonchev–Trinajstić information content (AvgIpc) is 3.52. The minimum absolute atomic E-state index is 0.195. The van der Waals surface area contributed by atoms with Gasteiger partial charge in [0, 0.05) is 27.1 Å². The largest absolute Gasteiger partial charge is 0.481 e. The Morgan fingerprint density at radius 2 is 1.67 bits per heavy atom. The molecule has 0 unspecified atom stereocenters. The van der Waals surface area contributed by atoms with Gasteiger partial charge in [-0.05, 0) is 61.7 Å². The molecule has 0 fully saturated rings. The molecule has 9 nitrogen and oxygen atoms in total. The average molecular weight is 613 g/mol. The summed E-state index contributed by atoms with van der Waals surface area (Å²) >= 11 is 1.63. The van der Waals surface area contributed by atoms with Crippen molar-refractivity contribution in [2.75, 3.05) is 5.32 Å². The fourth-order valence-electron chi connectivity index (χ4n) is 5.67. The normalized spacial score (nSPS) is 13.9. The third-order valence-corrected chi connectivity index (χ3v) is 9.24. The summed E-state index contributed by atoms with van der Waals surface area (Å²) in [6, 6.07) is 26.3. The summed E-state index contributed by atoms with van der Waals surface area (Å²) in [4.78, 5) is 35.6. The third-order valence-electron chi connectivity index (χ3n) is 8.05. The quantitative estimate of drug-likeness (QED) is 0.207. The first kappa shape index (κ1) is 28.3. The molecule has 0 saturated carbocycles. The number of aromatic nitrogens is 4. The molecule has 0 bridgehead atoms. The molecule has 0 spiro atoms. The molecule has 0 saturated heterocycles. The Labute approximate surface area is 263 Å². The van der Waals surface area contributed by atoms with Gasteiger partial charge in [-0.1, -0.05) is 60.7 Å². The number of aliphatic imine (C=N–C) groups is 1. The summed E-state index contributed by atoms with van der Waals surface area (Å²) in [5.74, 6) is -0.00910. The number of carbonyl (C=O) groups excluding carboxylic acids is 1. The maximum absolute atomic E-state index is 13.0. The zero-order chi connectivity index (χ0) is 31.2. The number of carbonyl (C=O) groups is 2. The molecule has 2 N–H and O–H groups in total. The number of para-hydroxylation sites is 1. The number of fused-ring (bicyclic) bond motifs is 4. The number of amides is 1. The molecule has 1 aliphatic rings. The van der Waals surface area contributed by atoms with Crippen LogP contribution >= 0.6 is 11.3 Å². The maximum atomic E-state index is 13.0. The fraction of sp³-hybridized carbons (Fsp3) is 0.143. The number of hydrogen-bond donors (Lipinski definition) is 2. The SMILES string of the molecule is Cc1sc2c(c1C)C(c1ccc(-c3cccc(NC(=O)c4ccc5ccccc5n4)c3)cc1)=N[C@@H](CC(=O)O)c1nnc(C)n1-2. The predicted octanol–water partition coefficient (Wildman–Crippen LogP) is 7.09. The van der Waals surface area contributed by atoms with E-state index in [1.807, 2.05) is 90.4 Å². The molecule has 0 aliphatic carbocycles. The van der Waals surface area contributed by atoms with E-state index in [1.165, 1.54) is 0 Å². The highest BCUT2D eigenvalue weighted by molar-refractivity contribution is 7.15. The molecule has 7 rings (SSSR count). The number of benzene rings is 3. The number of carboxylic acid groups (broad SMARTS) is 1. The van der Waals surface area contributed by atoms with Crippen molar-refractivity contribution in [2.24, 2.45) is 4.99 Å². The summed E-state index contributed by atoms with van der Waals surface area (Å²) in [6.45, 7) is 6.01. The van der Waals surface area contributed by atoms with Crippen molar-refractivity contribution in [3.63, 3.8) is 0 Å². The summed E-state index contributed by atoms with van der Waals surface area (Å²) in [5.41, 5.74) is 7.34. The van der Waals surface area contributed by atoms with E-state index >= 15 is 0 Å². The molecule has 4 heterocycles. The summed E-state index contributed by atoms with van der Waals surface area (Å²) < 4.78 is 1.95. The summed E-state index contributed by atoms with van der Waals surface area (Å²) in [5, 5.41) is 23.2. The highest BCUT2D eigenvalue weighted by Gasteiger charge is 2.32. The van der Waals surface area contributed by atoms with Crippen molar-refractivity contribution < 1.29 is 14.7 Å². The number of anilines is 1. The van der Waals surface area contributed by atoms with Crippen molar-refractivity contribution in [3.05, 3.63) is 124 Å². The smallest absolute Gasteiger partial charge is 0.306 e. The first-order valence-corrected chi connectivity index (χ1v) is 15.3. The first-order chi connectivity index (χ1) is 21.8. The van der Waals surface area contributed by atoms with Gasteiger partial charge in [0.2, 0.25) is 0 Å². The lowest BCUT2D eigenvalue weighted by Gasteiger charge is -2.12. The van der Waals surface area contributed by atoms with Crippen molar-refractivity contribution in [2.45, 2.75) is 33.2 Å². The van der Waals surface area contributed by atoms with E-state index in [0.29, 0.717) is 23.0 Å². The molecule has 1 aliphatic heterocycles. The van der Waals surface area contributed by atoms with Gasteiger partial charge in [0.05, 0.1) is 17.6 Å². The van der Waals surface area contributed by atoms with E-state index in [2.05, 4.69) is 34.3 Å². The van der Waals surface area contributed by atoms with Crippen LogP contribution in [0, 0.1) is 20.8 Å². The van der Waals surface area contributed by atoms with Gasteiger partial charge in [-0.25, -0.2) is 4.98 Å². The van der Waals surface area contributed by atoms with Gasteiger partial charge in [0.15, 0.2) is 5.82 Å². The van der Waals surface area contributed by atoms with Crippen LogP contribution in [0.5, 0.6) is 0 Å². The first-order valence-electron chi connectivity index (χ1n) is 14.5. The van der Waals surface area contributed by atoms with Crippen LogP contribution in [0.15, 0.2) is 89.9 Å². The Bertz CT molecular complexity index is 2160. The van der Waals surface area contributed by atoms with Crippen LogP contribution in [0.4, 0.5) is 5.69 Å². The molecule has 3 aromatic heterocycles. The van der Waals surface area contributed by atoms with Crippen LogP contribution in [0.25, 0.3) is 27.0 Å². The molecule has 1 amide bonds. The fourth-order valence-corrected chi connectivity index (χ4v) is 6.89. The third kappa shape index (κ3) is 5.19. The number of aliphatic carboxylic acids is 1. The second-order valence-electron chi connectivity index (χ2n) is 11.0. The number of nitrogens with one attached hydrogen (secondary N) is 1. The highest BCUT2D eigenvalue weighted by atomic mass is 32.1. The van der Waals surface area contributed by atoms with Gasteiger partial charge in [0.1, 0.15) is 22.6 Å². The monoisotopic (exact) mass is 612 g/mol. The Kier molecular flexibility index (Phi) is 7.06. The lowest BCUT2D eigenvalue weighted by atomic mass is 9.97. The Morgan fingerprint density at radius 3 is 2.47 bits per heavy atom. The van der Waals surface area contributed by atoms with Crippen molar-refractivity contribution >= 4 is 45.5 Å². The van der Waals surface area contributed by atoms with Gasteiger partial charge in [-0.15, -0.1) is 21.5 Å². The van der Waals surface area contributed by atoms with Crippen LogP contribution in [0.2, 0.25) is 0 Å². The Morgan fingerprint density at radius 1 is 0.889 bits per heavy atom. The molecule has 222 valence electrons. The summed E-state index contributed by atoms with van der Waals surface area (Å²) in [6.07, 6.45) is -0.195. The molecular formula is C35H28N6O3S. The molecule has 10 heteroatoms. The lowest BCUT2D eigenvalue weighted by molar-refractivity contribution is -0.137. The number of nitrogens with zero attached hydrogens (tertiary/aromatic N) is 5. The van der Waals surface area contributed by atoms with Gasteiger partial charge in [-0.3, -0.25) is 19.1 Å². The van der Waals surface area contributed by atoms with E-state index in [4.69, 9.17) is 4.99 Å². The standard InChI is InChI=1S/C35H28N6O3S/c1-19-20(2)45-35-31(19)32(38-29(18-30(42)43)33-40-39-21(3)41(33)35)24-13-11-22(12-14-24)25-8-6-9-26(17-25)36-34(44)28-16-15-23-7-4-5-10-27(23)37-28/h4-17,29H,18H2,1-3H3,(H,36,44)(H,42,43)/t29-/m0/s1. The number of rotatable bonds is 6. The maximum Gasteiger partial charge on any atom is 0.306 e. The molecule has 3 aromatic carbocycles. The van der Waals surface area contributed by atoms with Gasteiger partial charge < -0.3 is 10.4 Å². The molecule has 6 aromatic rings. The van der Waals surface area contributed by atoms with Crippen molar-refractivity contribution in [3.8, 4) is 16.1 Å². The second-order valence-corrected chi connectivity index (χ2v) is 12.2. The minimum atomic E-state index is -0.952. The van der Waals surface area contributed by atoms with E-state index in [0.717, 1.165) is 54.3 Å². The van der Waals surface area contributed by atoms with E-state index < -0.39 is 12.0 Å². The molecule has 0 radical (unpaired) electrons. The number of thiophene rings is 1. The van der Waals surface area contributed by atoms with Crippen LogP contribution in [0.3, 0.4) is 0 Å². The number of pyridine rings is 1. The Hall–Kier alpha value is -5.48. The van der Waals surface area contributed by atoms with E-state index in [1.54, 1.807) is 17.4 Å². The molecule has 45 heavy (non-hydrogen) atoms.